The Morgan fingerprint density at radius 1 is 1.33 bits per heavy atom. The topological polar surface area (TPSA) is 46.5 Å². The lowest BCUT2D eigenvalue weighted by atomic mass is 9.55. The summed E-state index contributed by atoms with van der Waals surface area (Å²) >= 11 is 0. The molecule has 0 unspecified atom stereocenters. The number of rotatable bonds is 0. The van der Waals surface area contributed by atoms with E-state index in [2.05, 4.69) is 0 Å². The first kappa shape index (κ1) is 10.4. The number of fused-ring (bicyclic) bond motifs is 1. The van der Waals surface area contributed by atoms with E-state index in [1.165, 1.54) is 6.42 Å². The van der Waals surface area contributed by atoms with Gasteiger partial charge in [0.15, 0.2) is 0 Å². The van der Waals surface area contributed by atoms with Gasteiger partial charge in [0.25, 0.3) is 0 Å². The largest absolute Gasteiger partial charge is 0.508 e. The highest BCUT2D eigenvalue weighted by molar-refractivity contribution is 5.87. The highest BCUT2D eigenvalue weighted by Gasteiger charge is 2.59. The standard InChI is InChI=1S/C15H16O3/c16-10-4-5-11-12(8-10)15-6-2-1-3-9(15)7-13(11)18-14(15)17/h4-5,8-9,13,16H,1-3,6-7H2/t9-,13+,15-/m1/s1. The monoisotopic (exact) mass is 244 g/mol. The van der Waals surface area contributed by atoms with Crippen molar-refractivity contribution in [1.82, 2.24) is 0 Å². The Morgan fingerprint density at radius 3 is 3.11 bits per heavy atom. The van der Waals surface area contributed by atoms with Gasteiger partial charge in [-0.2, -0.15) is 0 Å². The van der Waals surface area contributed by atoms with Crippen molar-refractivity contribution in [3.8, 4) is 5.75 Å². The summed E-state index contributed by atoms with van der Waals surface area (Å²) in [6, 6.07) is 5.41. The molecular formula is C15H16O3. The fraction of sp³-hybridized carbons (Fsp3) is 0.533. The zero-order valence-corrected chi connectivity index (χ0v) is 10.2. The molecule has 0 aromatic heterocycles. The maximum absolute atomic E-state index is 12.4. The van der Waals surface area contributed by atoms with E-state index in [0.29, 0.717) is 5.92 Å². The molecule has 3 heteroatoms. The van der Waals surface area contributed by atoms with E-state index >= 15 is 0 Å². The Balaban J connectivity index is 1.99. The smallest absolute Gasteiger partial charge is 0.317 e. The van der Waals surface area contributed by atoms with Gasteiger partial charge in [0.05, 0.1) is 5.41 Å². The lowest BCUT2D eigenvalue weighted by Crippen LogP contribution is -2.55. The van der Waals surface area contributed by atoms with Gasteiger partial charge in [-0.3, -0.25) is 4.79 Å². The molecule has 2 fully saturated rings. The van der Waals surface area contributed by atoms with Crippen LogP contribution in [0.1, 0.15) is 49.3 Å². The van der Waals surface area contributed by atoms with Gasteiger partial charge < -0.3 is 9.84 Å². The number of esters is 1. The van der Waals surface area contributed by atoms with Crippen LogP contribution in [0.15, 0.2) is 18.2 Å². The number of carbonyl (C=O) groups excluding carboxylic acids is 1. The maximum atomic E-state index is 12.4. The first-order valence-corrected chi connectivity index (χ1v) is 6.76. The Hall–Kier alpha value is -1.51. The molecule has 2 aliphatic heterocycles. The van der Waals surface area contributed by atoms with Gasteiger partial charge in [0.1, 0.15) is 11.9 Å². The van der Waals surface area contributed by atoms with Gasteiger partial charge in [-0.05, 0) is 48.4 Å². The molecule has 2 bridgehead atoms. The first-order chi connectivity index (χ1) is 8.72. The lowest BCUT2D eigenvalue weighted by Gasteiger charge is -2.53. The van der Waals surface area contributed by atoms with E-state index in [4.69, 9.17) is 4.74 Å². The van der Waals surface area contributed by atoms with Crippen LogP contribution in [0.2, 0.25) is 0 Å². The van der Waals surface area contributed by atoms with E-state index in [1.54, 1.807) is 12.1 Å². The Labute approximate surface area is 106 Å². The summed E-state index contributed by atoms with van der Waals surface area (Å²) in [4.78, 5) is 12.4. The summed E-state index contributed by atoms with van der Waals surface area (Å²) < 4.78 is 5.59. The van der Waals surface area contributed by atoms with Crippen molar-refractivity contribution >= 4 is 5.97 Å². The minimum Gasteiger partial charge on any atom is -0.508 e. The van der Waals surface area contributed by atoms with Crippen molar-refractivity contribution in [2.45, 2.75) is 43.6 Å². The summed E-state index contributed by atoms with van der Waals surface area (Å²) in [5.41, 5.74) is 1.70. The van der Waals surface area contributed by atoms with Crippen LogP contribution < -0.4 is 0 Å². The normalized spacial score (nSPS) is 36.8. The second kappa shape index (κ2) is 3.28. The summed E-state index contributed by atoms with van der Waals surface area (Å²) in [5.74, 6) is 0.612. The molecule has 3 nitrogen and oxygen atoms in total. The quantitative estimate of drug-likeness (QED) is 0.714. The van der Waals surface area contributed by atoms with Crippen LogP contribution >= 0.6 is 0 Å². The van der Waals surface area contributed by atoms with Crippen LogP contribution in [0, 0.1) is 5.92 Å². The average molecular weight is 244 g/mol. The number of carbonyl (C=O) groups is 1. The van der Waals surface area contributed by atoms with Crippen molar-refractivity contribution in [3.63, 3.8) is 0 Å². The number of ether oxygens (including phenoxy) is 1. The van der Waals surface area contributed by atoms with E-state index in [0.717, 1.165) is 36.8 Å². The van der Waals surface area contributed by atoms with Gasteiger partial charge >= 0.3 is 5.97 Å². The van der Waals surface area contributed by atoms with Gasteiger partial charge in [-0.15, -0.1) is 0 Å². The maximum Gasteiger partial charge on any atom is 0.317 e. The van der Waals surface area contributed by atoms with Crippen molar-refractivity contribution in [1.29, 1.82) is 0 Å². The van der Waals surface area contributed by atoms with Gasteiger partial charge in [0.2, 0.25) is 0 Å². The molecule has 18 heavy (non-hydrogen) atoms. The summed E-state index contributed by atoms with van der Waals surface area (Å²) in [6.45, 7) is 0. The molecule has 94 valence electrons. The first-order valence-electron chi connectivity index (χ1n) is 6.76. The summed E-state index contributed by atoms with van der Waals surface area (Å²) in [6.07, 6.45) is 5.15. The third-order valence-corrected chi connectivity index (χ3v) is 5.05. The Kier molecular flexibility index (Phi) is 1.90. The van der Waals surface area contributed by atoms with Crippen molar-refractivity contribution in [2.75, 3.05) is 0 Å². The number of phenols is 1. The Morgan fingerprint density at radius 2 is 2.22 bits per heavy atom. The molecular weight excluding hydrogens is 228 g/mol. The molecule has 1 spiro atoms. The van der Waals surface area contributed by atoms with Crippen molar-refractivity contribution in [3.05, 3.63) is 29.3 Å². The molecule has 2 aliphatic carbocycles. The van der Waals surface area contributed by atoms with Crippen molar-refractivity contribution < 1.29 is 14.6 Å². The average Bonchev–Trinajstić information content (AvgIpc) is 2.38. The molecule has 4 aliphatic rings. The van der Waals surface area contributed by atoms with E-state index < -0.39 is 5.41 Å². The van der Waals surface area contributed by atoms with E-state index in [9.17, 15) is 9.90 Å². The second-order valence-corrected chi connectivity index (χ2v) is 5.82. The van der Waals surface area contributed by atoms with Gasteiger partial charge in [-0.25, -0.2) is 0 Å². The third-order valence-electron chi connectivity index (χ3n) is 5.05. The van der Waals surface area contributed by atoms with Crippen LogP contribution in [0.5, 0.6) is 5.75 Å². The molecule has 1 aromatic carbocycles. The third kappa shape index (κ3) is 1.08. The minimum absolute atomic E-state index is 0.0541. The van der Waals surface area contributed by atoms with Crippen LogP contribution in [0.4, 0.5) is 0 Å². The zero-order chi connectivity index (χ0) is 12.3. The van der Waals surface area contributed by atoms with E-state index in [1.807, 2.05) is 6.07 Å². The molecule has 3 atom stereocenters. The molecule has 1 aromatic rings. The molecule has 0 radical (unpaired) electrons. The number of phenolic OH excluding ortho intramolecular Hbond substituents is 1. The molecule has 1 saturated carbocycles. The molecule has 0 amide bonds. The van der Waals surface area contributed by atoms with Crippen molar-refractivity contribution in [2.24, 2.45) is 5.92 Å². The molecule has 1 N–H and O–H groups in total. The molecule has 5 rings (SSSR count). The van der Waals surface area contributed by atoms with Crippen LogP contribution in [0.25, 0.3) is 0 Å². The predicted molar refractivity (Wildman–Crippen MR) is 65.2 cm³/mol. The van der Waals surface area contributed by atoms with Crippen LogP contribution in [-0.4, -0.2) is 11.1 Å². The fourth-order valence-corrected chi connectivity index (χ4v) is 4.24. The highest BCUT2D eigenvalue weighted by atomic mass is 16.5. The minimum atomic E-state index is -0.457. The predicted octanol–water partition coefficient (Wildman–Crippen LogP) is 2.82. The molecule has 1 saturated heterocycles. The number of hydrogen-bond donors (Lipinski definition) is 1. The van der Waals surface area contributed by atoms with Gasteiger partial charge in [-0.1, -0.05) is 18.9 Å². The molecule has 2 heterocycles. The van der Waals surface area contributed by atoms with E-state index in [-0.39, 0.29) is 17.8 Å². The number of hydrogen-bond acceptors (Lipinski definition) is 3. The highest BCUT2D eigenvalue weighted by Crippen LogP contribution is 2.58. The summed E-state index contributed by atoms with van der Waals surface area (Å²) in [5, 5.41) is 9.74. The second-order valence-electron chi connectivity index (χ2n) is 5.82. The zero-order valence-electron chi connectivity index (χ0n) is 10.2. The summed E-state index contributed by atoms with van der Waals surface area (Å²) in [7, 11) is 0. The van der Waals surface area contributed by atoms with Gasteiger partial charge in [0, 0.05) is 0 Å². The Bertz CT molecular complexity index is 537. The fourth-order valence-electron chi connectivity index (χ4n) is 4.24. The number of benzene rings is 1. The number of aromatic hydroxyl groups is 1. The lowest BCUT2D eigenvalue weighted by molar-refractivity contribution is -0.176. The SMILES string of the molecule is O=C1O[C@H]2C[C@H]3CCCC[C@@]13c1cc(O)ccc12. The van der Waals surface area contributed by atoms with Crippen LogP contribution in [-0.2, 0) is 14.9 Å². The van der Waals surface area contributed by atoms with Crippen LogP contribution in [0.3, 0.4) is 0 Å².